The number of unbranched alkanes of at least 4 members (excludes halogenated alkanes) is 5. The molecule has 0 bridgehead atoms. The third-order valence-electron chi connectivity index (χ3n) is 6.26. The quantitative estimate of drug-likeness (QED) is 0.247. The van der Waals surface area contributed by atoms with Crippen LogP contribution in [0.3, 0.4) is 0 Å². The van der Waals surface area contributed by atoms with E-state index in [0.717, 1.165) is 37.7 Å². The van der Waals surface area contributed by atoms with E-state index >= 15 is 0 Å². The third kappa shape index (κ3) is 10.9. The van der Waals surface area contributed by atoms with Crippen molar-refractivity contribution in [2.24, 2.45) is 5.73 Å². The largest absolute Gasteiger partial charge is 0.481 e. The number of nitrogens with two attached hydrogens (primary N) is 1. The highest BCUT2D eigenvalue weighted by molar-refractivity contribution is 5.95. The van der Waals surface area contributed by atoms with Crippen LogP contribution in [0.25, 0.3) is 0 Å². The number of carbonyl (C=O) groups is 4. The maximum Gasteiger partial charge on any atom is 0.303 e. The number of nitrogens with one attached hydrogen (secondary N) is 2. The van der Waals surface area contributed by atoms with Gasteiger partial charge in [0.25, 0.3) is 0 Å². The molecule has 1 aromatic rings. The van der Waals surface area contributed by atoms with E-state index in [9.17, 15) is 19.2 Å². The zero-order valence-corrected chi connectivity index (χ0v) is 20.5. The summed E-state index contributed by atoms with van der Waals surface area (Å²) >= 11 is 0. The minimum atomic E-state index is -0.765. The van der Waals surface area contributed by atoms with Crippen molar-refractivity contribution in [1.82, 2.24) is 15.5 Å². The minimum absolute atomic E-state index is 0.0416. The molecule has 3 amide bonds. The highest BCUT2D eigenvalue weighted by atomic mass is 16.4. The number of amides is 3. The lowest BCUT2D eigenvalue weighted by Crippen LogP contribution is -2.61. The van der Waals surface area contributed by atoms with E-state index < -0.39 is 12.0 Å². The molecule has 0 radical (unpaired) electrons. The van der Waals surface area contributed by atoms with Crippen LogP contribution in [-0.4, -0.2) is 65.4 Å². The molecule has 9 nitrogen and oxygen atoms in total. The van der Waals surface area contributed by atoms with Crippen LogP contribution in [0.5, 0.6) is 0 Å². The Kier molecular flexibility index (Phi) is 12.8. The molecule has 1 fully saturated rings. The van der Waals surface area contributed by atoms with Gasteiger partial charge in [-0.2, -0.15) is 0 Å². The van der Waals surface area contributed by atoms with Gasteiger partial charge in [-0.25, -0.2) is 0 Å². The number of nitrogens with zero attached hydrogens (tertiary/aromatic N) is 1. The highest BCUT2D eigenvalue weighted by Crippen LogP contribution is 2.20. The topological polar surface area (TPSA) is 142 Å². The molecule has 0 aliphatic carbocycles. The first-order valence-electron chi connectivity index (χ1n) is 12.7. The number of rotatable bonds is 17. The summed E-state index contributed by atoms with van der Waals surface area (Å²) in [7, 11) is 0. The molecule has 1 aliphatic heterocycles. The average Bonchev–Trinajstić information content (AvgIpc) is 2.82. The standard InChI is InChI=1S/C26H40N4O5/c27-15-10-16-28-23(31)18-21(13-8-3-1-2-4-9-14-25(33)34)30-19-24(32)29-22(26(30)35)17-20-11-6-5-7-12-20/h5-7,11-12,21-22H,1-4,8-10,13-19,27H2,(H,28,31)(H,29,32)(H,33,34)/t21-,22+/m1/s1. The van der Waals surface area contributed by atoms with Gasteiger partial charge in [0.1, 0.15) is 6.04 Å². The molecule has 2 atom stereocenters. The Balaban J connectivity index is 1.96. The monoisotopic (exact) mass is 488 g/mol. The van der Waals surface area contributed by atoms with Gasteiger partial charge in [0.05, 0.1) is 6.54 Å². The molecule has 0 unspecified atom stereocenters. The fourth-order valence-corrected chi connectivity index (χ4v) is 4.38. The Morgan fingerprint density at radius 1 is 1.06 bits per heavy atom. The van der Waals surface area contributed by atoms with E-state index in [-0.39, 0.29) is 43.1 Å². The smallest absolute Gasteiger partial charge is 0.303 e. The van der Waals surface area contributed by atoms with Gasteiger partial charge in [-0.1, -0.05) is 62.4 Å². The summed E-state index contributed by atoms with van der Waals surface area (Å²) in [5.74, 6) is -1.27. The summed E-state index contributed by atoms with van der Waals surface area (Å²) in [6, 6.07) is 8.57. The van der Waals surface area contributed by atoms with Crippen molar-refractivity contribution < 1.29 is 24.3 Å². The lowest BCUT2D eigenvalue weighted by molar-refractivity contribution is -0.147. The summed E-state index contributed by atoms with van der Waals surface area (Å²) in [4.78, 5) is 50.6. The zero-order chi connectivity index (χ0) is 25.5. The van der Waals surface area contributed by atoms with E-state index in [4.69, 9.17) is 10.8 Å². The summed E-state index contributed by atoms with van der Waals surface area (Å²) in [5, 5.41) is 14.4. The third-order valence-corrected chi connectivity index (χ3v) is 6.26. The normalized spacial score (nSPS) is 16.6. The highest BCUT2D eigenvalue weighted by Gasteiger charge is 2.37. The van der Waals surface area contributed by atoms with E-state index in [1.165, 1.54) is 0 Å². The van der Waals surface area contributed by atoms with Gasteiger partial charge in [-0.15, -0.1) is 0 Å². The van der Waals surface area contributed by atoms with Crippen LogP contribution >= 0.6 is 0 Å². The van der Waals surface area contributed by atoms with Crippen molar-refractivity contribution in [2.45, 2.75) is 82.7 Å². The fraction of sp³-hybridized carbons (Fsp3) is 0.615. The molecule has 0 saturated carbocycles. The lowest BCUT2D eigenvalue weighted by atomic mass is 9.97. The van der Waals surface area contributed by atoms with Crippen molar-refractivity contribution in [2.75, 3.05) is 19.6 Å². The second kappa shape index (κ2) is 15.9. The molecule has 1 heterocycles. The second-order valence-corrected chi connectivity index (χ2v) is 9.18. The summed E-state index contributed by atoms with van der Waals surface area (Å²) < 4.78 is 0. The van der Waals surface area contributed by atoms with Gasteiger partial charge in [0, 0.05) is 31.8 Å². The molecule has 1 aromatic carbocycles. The van der Waals surface area contributed by atoms with Crippen LogP contribution in [0.2, 0.25) is 0 Å². The lowest BCUT2D eigenvalue weighted by Gasteiger charge is -2.38. The fourth-order valence-electron chi connectivity index (χ4n) is 4.38. The molecule has 9 heteroatoms. The number of carbonyl (C=O) groups excluding carboxylic acids is 3. The van der Waals surface area contributed by atoms with Crippen molar-refractivity contribution in [3.8, 4) is 0 Å². The number of benzene rings is 1. The zero-order valence-electron chi connectivity index (χ0n) is 20.5. The molecular formula is C26H40N4O5. The number of hydrogen-bond donors (Lipinski definition) is 4. The van der Waals surface area contributed by atoms with Gasteiger partial charge in [-0.3, -0.25) is 19.2 Å². The summed E-state index contributed by atoms with van der Waals surface area (Å²) in [5.41, 5.74) is 6.47. The SMILES string of the molecule is NCCCNC(=O)C[C@@H](CCCCCCCCC(=O)O)N1CC(=O)N[C@@H](Cc2ccccc2)C1=O. The van der Waals surface area contributed by atoms with Crippen LogP contribution in [0.4, 0.5) is 0 Å². The van der Waals surface area contributed by atoms with Crippen molar-refractivity contribution in [3.63, 3.8) is 0 Å². The maximum absolute atomic E-state index is 13.3. The predicted molar refractivity (Wildman–Crippen MR) is 133 cm³/mol. The Labute approximate surface area is 207 Å². The van der Waals surface area contributed by atoms with E-state index in [2.05, 4.69) is 10.6 Å². The number of piperazine rings is 1. The van der Waals surface area contributed by atoms with Crippen LogP contribution in [0.15, 0.2) is 30.3 Å². The molecule has 5 N–H and O–H groups in total. The minimum Gasteiger partial charge on any atom is -0.481 e. The molecular weight excluding hydrogens is 448 g/mol. The van der Waals surface area contributed by atoms with Crippen molar-refractivity contribution >= 4 is 23.7 Å². The first-order valence-corrected chi connectivity index (χ1v) is 12.7. The van der Waals surface area contributed by atoms with Gasteiger partial charge in [-0.05, 0) is 31.4 Å². The molecule has 1 saturated heterocycles. The number of carboxylic acid groups (broad SMARTS) is 1. The van der Waals surface area contributed by atoms with Crippen molar-refractivity contribution in [1.29, 1.82) is 0 Å². The van der Waals surface area contributed by atoms with Crippen LogP contribution in [0.1, 0.15) is 69.8 Å². The second-order valence-electron chi connectivity index (χ2n) is 9.18. The van der Waals surface area contributed by atoms with E-state index in [1.54, 1.807) is 4.90 Å². The van der Waals surface area contributed by atoms with E-state index in [1.807, 2.05) is 30.3 Å². The van der Waals surface area contributed by atoms with Gasteiger partial charge in [0.2, 0.25) is 17.7 Å². The van der Waals surface area contributed by atoms with Gasteiger partial charge >= 0.3 is 5.97 Å². The Morgan fingerprint density at radius 2 is 1.74 bits per heavy atom. The molecule has 0 aromatic heterocycles. The Morgan fingerprint density at radius 3 is 2.43 bits per heavy atom. The van der Waals surface area contributed by atoms with Crippen molar-refractivity contribution in [3.05, 3.63) is 35.9 Å². The number of aliphatic carboxylic acids is 1. The summed E-state index contributed by atoms with van der Waals surface area (Å²) in [6.45, 7) is 0.936. The predicted octanol–water partition coefficient (Wildman–Crippen LogP) is 1.99. The first-order chi connectivity index (χ1) is 16.9. The van der Waals surface area contributed by atoms with E-state index in [0.29, 0.717) is 38.8 Å². The van der Waals surface area contributed by atoms with Crippen LogP contribution < -0.4 is 16.4 Å². The average molecular weight is 489 g/mol. The molecule has 0 spiro atoms. The molecule has 194 valence electrons. The molecule has 35 heavy (non-hydrogen) atoms. The van der Waals surface area contributed by atoms with Gasteiger partial charge < -0.3 is 26.4 Å². The Bertz CT molecular complexity index is 817. The van der Waals surface area contributed by atoms with Crippen LogP contribution in [-0.2, 0) is 25.6 Å². The first kappa shape index (κ1) is 28.3. The maximum atomic E-state index is 13.3. The summed E-state index contributed by atoms with van der Waals surface area (Å²) in [6.07, 6.45) is 7.33. The van der Waals surface area contributed by atoms with Crippen LogP contribution in [0, 0.1) is 0 Å². The molecule has 1 aliphatic rings. The molecule has 2 rings (SSSR count). The van der Waals surface area contributed by atoms with Gasteiger partial charge in [0.15, 0.2) is 0 Å². The Hall–Kier alpha value is -2.94. The number of carboxylic acids is 1. The number of hydrogen-bond acceptors (Lipinski definition) is 5.